The van der Waals surface area contributed by atoms with Gasteiger partial charge in [0.25, 0.3) is 0 Å². The molecule has 0 aromatic carbocycles. The van der Waals surface area contributed by atoms with Gasteiger partial charge in [-0.25, -0.2) is 0 Å². The smallest absolute Gasteiger partial charge is 0.226 e. The van der Waals surface area contributed by atoms with Crippen molar-refractivity contribution in [1.82, 2.24) is 10.1 Å². The highest BCUT2D eigenvalue weighted by atomic mass is 16.5. The lowest BCUT2D eigenvalue weighted by molar-refractivity contribution is 0.166. The van der Waals surface area contributed by atoms with Crippen LogP contribution < -0.4 is 5.73 Å². The van der Waals surface area contributed by atoms with E-state index in [-0.39, 0.29) is 5.54 Å². The van der Waals surface area contributed by atoms with Crippen molar-refractivity contribution in [1.29, 1.82) is 0 Å². The first kappa shape index (κ1) is 16.5. The van der Waals surface area contributed by atoms with Gasteiger partial charge in [0, 0.05) is 17.9 Å². The lowest BCUT2D eigenvalue weighted by Gasteiger charge is -2.36. The monoisotopic (exact) mass is 293 g/mol. The van der Waals surface area contributed by atoms with E-state index in [1.807, 2.05) is 13.8 Å². The lowest BCUT2D eigenvalue weighted by atomic mass is 9.70. The van der Waals surface area contributed by atoms with Crippen molar-refractivity contribution in [3.63, 3.8) is 0 Å². The van der Waals surface area contributed by atoms with Gasteiger partial charge in [-0.15, -0.1) is 0 Å². The number of hydrogen-bond donors (Lipinski definition) is 1. The molecular weight excluding hydrogens is 262 g/mol. The van der Waals surface area contributed by atoms with Crippen LogP contribution in [0.4, 0.5) is 0 Å². The maximum Gasteiger partial charge on any atom is 0.226 e. The van der Waals surface area contributed by atoms with Crippen molar-refractivity contribution >= 4 is 0 Å². The Morgan fingerprint density at radius 3 is 2.24 bits per heavy atom. The molecule has 4 nitrogen and oxygen atoms in total. The van der Waals surface area contributed by atoms with Crippen LogP contribution in [0.25, 0.3) is 0 Å². The van der Waals surface area contributed by atoms with E-state index in [0.717, 1.165) is 30.5 Å². The maximum atomic E-state index is 6.00. The van der Waals surface area contributed by atoms with Crippen molar-refractivity contribution < 1.29 is 4.52 Å². The molecule has 2 N–H and O–H groups in total. The molecule has 1 aromatic rings. The Kier molecular flexibility index (Phi) is 4.76. The SMILES string of the molecule is CC(C)(N)CCc1nc(C2CCC(C(C)(C)C)CC2)no1. The third kappa shape index (κ3) is 4.80. The van der Waals surface area contributed by atoms with Gasteiger partial charge in [0.2, 0.25) is 5.89 Å². The third-order valence-corrected chi connectivity index (χ3v) is 4.78. The Labute approximate surface area is 128 Å². The Hall–Kier alpha value is -0.900. The molecule has 4 heteroatoms. The molecule has 1 aliphatic carbocycles. The van der Waals surface area contributed by atoms with E-state index in [1.54, 1.807) is 0 Å². The summed E-state index contributed by atoms with van der Waals surface area (Å²) in [7, 11) is 0. The van der Waals surface area contributed by atoms with Gasteiger partial charge in [-0.1, -0.05) is 25.9 Å². The van der Waals surface area contributed by atoms with Crippen LogP contribution >= 0.6 is 0 Å². The third-order valence-electron chi connectivity index (χ3n) is 4.78. The summed E-state index contributed by atoms with van der Waals surface area (Å²) in [5.74, 6) is 2.94. The molecule has 1 aromatic heterocycles. The molecule has 0 atom stereocenters. The van der Waals surface area contributed by atoms with E-state index in [4.69, 9.17) is 10.3 Å². The molecule has 2 rings (SSSR count). The molecule has 1 aliphatic rings. The van der Waals surface area contributed by atoms with Gasteiger partial charge in [0.05, 0.1) is 0 Å². The van der Waals surface area contributed by atoms with Crippen LogP contribution in [-0.4, -0.2) is 15.7 Å². The minimum absolute atomic E-state index is 0.181. The van der Waals surface area contributed by atoms with Crippen molar-refractivity contribution in [2.75, 3.05) is 0 Å². The van der Waals surface area contributed by atoms with Crippen LogP contribution in [0.15, 0.2) is 4.52 Å². The summed E-state index contributed by atoms with van der Waals surface area (Å²) in [5, 5.41) is 4.20. The second-order valence-corrected chi connectivity index (χ2v) is 8.45. The highest BCUT2D eigenvalue weighted by molar-refractivity contribution is 4.99. The summed E-state index contributed by atoms with van der Waals surface area (Å²) in [5.41, 5.74) is 6.23. The van der Waals surface area contributed by atoms with Crippen molar-refractivity contribution in [2.45, 2.75) is 84.6 Å². The molecular formula is C17H31N3O. The van der Waals surface area contributed by atoms with Crippen LogP contribution in [0.2, 0.25) is 0 Å². The Morgan fingerprint density at radius 1 is 1.10 bits per heavy atom. The first-order valence-corrected chi connectivity index (χ1v) is 8.26. The quantitative estimate of drug-likeness (QED) is 0.909. The summed E-state index contributed by atoms with van der Waals surface area (Å²) in [6.45, 7) is 11.1. The molecule has 0 spiro atoms. The fourth-order valence-corrected chi connectivity index (χ4v) is 3.18. The zero-order valence-corrected chi connectivity index (χ0v) is 14.3. The summed E-state index contributed by atoms with van der Waals surface area (Å²) in [6.07, 6.45) is 6.55. The van der Waals surface area contributed by atoms with Gasteiger partial charge in [-0.05, 0) is 57.3 Å². The standard InChI is InChI=1S/C17H31N3O/c1-16(2,3)13-8-6-12(7-9-13)15-19-14(21-20-15)10-11-17(4,5)18/h12-13H,6-11,18H2,1-5H3. The number of aryl methyl sites for hydroxylation is 1. The molecule has 21 heavy (non-hydrogen) atoms. The van der Waals surface area contributed by atoms with Crippen molar-refractivity contribution in [3.05, 3.63) is 11.7 Å². The number of rotatable bonds is 4. The molecule has 1 saturated carbocycles. The predicted molar refractivity (Wildman–Crippen MR) is 85.0 cm³/mol. The summed E-state index contributed by atoms with van der Waals surface area (Å²) in [6, 6.07) is 0. The van der Waals surface area contributed by atoms with E-state index >= 15 is 0 Å². The molecule has 0 unspecified atom stereocenters. The first-order chi connectivity index (χ1) is 9.65. The van der Waals surface area contributed by atoms with Gasteiger partial charge in [-0.2, -0.15) is 4.98 Å². The van der Waals surface area contributed by atoms with E-state index in [1.165, 1.54) is 25.7 Å². The molecule has 0 radical (unpaired) electrons. The zero-order chi connectivity index (χ0) is 15.7. The molecule has 0 bridgehead atoms. The second-order valence-electron chi connectivity index (χ2n) is 8.45. The average Bonchev–Trinajstić information content (AvgIpc) is 2.83. The predicted octanol–water partition coefficient (Wildman–Crippen LogP) is 4.06. The second kappa shape index (κ2) is 6.07. The van der Waals surface area contributed by atoms with E-state index in [9.17, 15) is 0 Å². The Balaban J connectivity index is 1.88. The summed E-state index contributed by atoms with van der Waals surface area (Å²) >= 11 is 0. The minimum atomic E-state index is -0.181. The zero-order valence-electron chi connectivity index (χ0n) is 14.3. The average molecular weight is 293 g/mol. The normalized spacial score (nSPS) is 24.3. The fourth-order valence-electron chi connectivity index (χ4n) is 3.18. The van der Waals surface area contributed by atoms with E-state index in [0.29, 0.717) is 11.3 Å². The van der Waals surface area contributed by atoms with Crippen LogP contribution in [0, 0.1) is 11.3 Å². The van der Waals surface area contributed by atoms with Gasteiger partial charge >= 0.3 is 0 Å². The van der Waals surface area contributed by atoms with Crippen LogP contribution in [-0.2, 0) is 6.42 Å². The highest BCUT2D eigenvalue weighted by Gasteiger charge is 2.32. The first-order valence-electron chi connectivity index (χ1n) is 8.26. The lowest BCUT2D eigenvalue weighted by Crippen LogP contribution is -2.32. The molecule has 1 fully saturated rings. The summed E-state index contributed by atoms with van der Waals surface area (Å²) < 4.78 is 5.39. The van der Waals surface area contributed by atoms with Crippen molar-refractivity contribution in [3.8, 4) is 0 Å². The van der Waals surface area contributed by atoms with Gasteiger partial charge < -0.3 is 10.3 Å². The molecule has 0 amide bonds. The Bertz CT molecular complexity index is 445. The molecule has 0 saturated heterocycles. The molecule has 1 heterocycles. The molecule has 0 aliphatic heterocycles. The number of nitrogens with zero attached hydrogens (tertiary/aromatic N) is 2. The van der Waals surface area contributed by atoms with Gasteiger partial charge in [0.15, 0.2) is 5.82 Å². The maximum absolute atomic E-state index is 6.00. The minimum Gasteiger partial charge on any atom is -0.339 e. The van der Waals surface area contributed by atoms with Crippen molar-refractivity contribution in [2.24, 2.45) is 17.1 Å². The van der Waals surface area contributed by atoms with Gasteiger partial charge in [0.1, 0.15) is 0 Å². The van der Waals surface area contributed by atoms with Gasteiger partial charge in [-0.3, -0.25) is 0 Å². The number of hydrogen-bond acceptors (Lipinski definition) is 4. The van der Waals surface area contributed by atoms with Crippen LogP contribution in [0.1, 0.15) is 84.4 Å². The van der Waals surface area contributed by atoms with E-state index in [2.05, 4.69) is 30.9 Å². The Morgan fingerprint density at radius 2 is 1.71 bits per heavy atom. The van der Waals surface area contributed by atoms with Crippen LogP contribution in [0.3, 0.4) is 0 Å². The summed E-state index contributed by atoms with van der Waals surface area (Å²) in [4.78, 5) is 4.59. The molecule has 120 valence electrons. The van der Waals surface area contributed by atoms with E-state index < -0.39 is 0 Å². The highest BCUT2D eigenvalue weighted by Crippen LogP contribution is 2.42. The number of nitrogens with two attached hydrogens (primary N) is 1. The largest absolute Gasteiger partial charge is 0.339 e. The topological polar surface area (TPSA) is 64.9 Å². The number of aromatic nitrogens is 2. The fraction of sp³-hybridized carbons (Fsp3) is 0.882. The van der Waals surface area contributed by atoms with Crippen LogP contribution in [0.5, 0.6) is 0 Å².